The van der Waals surface area contributed by atoms with Crippen molar-refractivity contribution in [1.82, 2.24) is 0 Å². The molecule has 0 aromatic rings. The zero-order chi connectivity index (χ0) is 9.98. The largest absolute Gasteiger partial charge is 0.469 e. The highest BCUT2D eigenvalue weighted by Crippen LogP contribution is 1.82. The van der Waals surface area contributed by atoms with E-state index in [9.17, 15) is 9.59 Å². The number of rotatable bonds is 3. The smallest absolute Gasteiger partial charge is 0.307 e. The van der Waals surface area contributed by atoms with E-state index in [1.807, 2.05) is 0 Å². The second-order valence-corrected chi connectivity index (χ2v) is 2.23. The Balaban J connectivity index is 0. The molecule has 0 bridgehead atoms. The van der Waals surface area contributed by atoms with Crippen molar-refractivity contribution < 1.29 is 19.1 Å². The van der Waals surface area contributed by atoms with Gasteiger partial charge in [-0.25, -0.2) is 0 Å². The Kier molecular flexibility index (Phi) is 11.5. The van der Waals surface area contributed by atoms with Crippen LogP contribution in [0, 0.1) is 0 Å². The van der Waals surface area contributed by atoms with Crippen molar-refractivity contribution in [2.45, 2.75) is 20.3 Å². The van der Waals surface area contributed by atoms with Gasteiger partial charge in [0.25, 0.3) is 0 Å². The summed E-state index contributed by atoms with van der Waals surface area (Å²) in [6, 6.07) is 0. The average molecular weight is 176 g/mol. The standard InChI is InChI=1S/C5H10O3.C3H6O/c1-7-4-3-5(6)8-2;1-3(2)4/h3-4H2,1-2H3;1-2H3. The van der Waals surface area contributed by atoms with Gasteiger partial charge in [-0.05, 0) is 13.8 Å². The summed E-state index contributed by atoms with van der Waals surface area (Å²) in [6.45, 7) is 3.49. The molecule has 0 radical (unpaired) electrons. The zero-order valence-corrected chi connectivity index (χ0v) is 8.05. The molecule has 0 amide bonds. The van der Waals surface area contributed by atoms with Gasteiger partial charge in [0.1, 0.15) is 5.78 Å². The molecule has 12 heavy (non-hydrogen) atoms. The molecule has 0 fully saturated rings. The fourth-order valence-electron chi connectivity index (χ4n) is 0.287. The molecular weight excluding hydrogens is 160 g/mol. The monoisotopic (exact) mass is 176 g/mol. The summed E-state index contributed by atoms with van der Waals surface area (Å²) in [5.74, 6) is -0.0631. The van der Waals surface area contributed by atoms with Crippen LogP contribution in [0.1, 0.15) is 20.3 Å². The number of carbonyl (C=O) groups excluding carboxylic acids is 2. The third kappa shape index (κ3) is 23.0. The van der Waals surface area contributed by atoms with Crippen LogP contribution >= 0.6 is 0 Å². The molecule has 0 rings (SSSR count). The molecule has 0 heterocycles. The van der Waals surface area contributed by atoms with E-state index < -0.39 is 0 Å². The molecule has 0 N–H and O–H groups in total. The Morgan fingerprint density at radius 1 is 1.17 bits per heavy atom. The van der Waals surface area contributed by atoms with Crippen LogP contribution in [-0.4, -0.2) is 32.6 Å². The number of methoxy groups -OCH3 is 2. The Bertz CT molecular complexity index is 127. The van der Waals surface area contributed by atoms with Crippen molar-refractivity contribution in [3.05, 3.63) is 0 Å². The molecule has 4 heteroatoms. The zero-order valence-electron chi connectivity index (χ0n) is 8.05. The molecule has 0 aliphatic carbocycles. The lowest BCUT2D eigenvalue weighted by Gasteiger charge is -1.94. The van der Waals surface area contributed by atoms with Gasteiger partial charge in [0, 0.05) is 7.11 Å². The maximum atomic E-state index is 10.3. The normalized spacial score (nSPS) is 8.00. The van der Waals surface area contributed by atoms with E-state index in [1.165, 1.54) is 21.0 Å². The summed E-state index contributed by atoms with van der Waals surface area (Å²) < 4.78 is 8.95. The quantitative estimate of drug-likeness (QED) is 0.596. The number of Topliss-reactive ketones (excluding diaryl/α,β-unsaturated/α-hetero) is 1. The van der Waals surface area contributed by atoms with Crippen LogP contribution in [0.15, 0.2) is 0 Å². The number of ether oxygens (including phenoxy) is 2. The van der Waals surface area contributed by atoms with E-state index in [4.69, 9.17) is 0 Å². The molecule has 4 nitrogen and oxygen atoms in total. The molecule has 0 spiro atoms. The second kappa shape index (κ2) is 10.1. The van der Waals surface area contributed by atoms with Gasteiger partial charge in [-0.2, -0.15) is 0 Å². The minimum Gasteiger partial charge on any atom is -0.469 e. The summed E-state index contributed by atoms with van der Waals surface area (Å²) in [5, 5.41) is 0. The van der Waals surface area contributed by atoms with E-state index in [1.54, 1.807) is 7.11 Å². The summed E-state index contributed by atoms with van der Waals surface area (Å²) in [6.07, 6.45) is 0.340. The summed E-state index contributed by atoms with van der Waals surface area (Å²) in [4.78, 5) is 19.7. The van der Waals surface area contributed by atoms with Gasteiger partial charge in [0.2, 0.25) is 0 Å². The fraction of sp³-hybridized carbons (Fsp3) is 0.750. The molecule has 0 atom stereocenters. The maximum absolute atomic E-state index is 10.3. The Labute approximate surface area is 72.8 Å². The molecule has 0 aliphatic rings. The van der Waals surface area contributed by atoms with Crippen LogP contribution < -0.4 is 0 Å². The van der Waals surface area contributed by atoms with Gasteiger partial charge < -0.3 is 14.3 Å². The van der Waals surface area contributed by atoms with Crippen molar-refractivity contribution >= 4 is 11.8 Å². The first-order valence-electron chi connectivity index (χ1n) is 3.57. The highest BCUT2D eigenvalue weighted by molar-refractivity contribution is 5.72. The van der Waals surface area contributed by atoms with Gasteiger partial charge in [0.15, 0.2) is 0 Å². The molecule has 0 saturated carbocycles. The van der Waals surface area contributed by atoms with Crippen molar-refractivity contribution in [2.75, 3.05) is 20.8 Å². The van der Waals surface area contributed by atoms with Crippen molar-refractivity contribution in [1.29, 1.82) is 0 Å². The van der Waals surface area contributed by atoms with Crippen LogP contribution in [0.2, 0.25) is 0 Å². The Morgan fingerprint density at radius 2 is 1.58 bits per heavy atom. The summed E-state index contributed by atoms with van der Waals surface area (Å²) in [7, 11) is 2.90. The lowest BCUT2D eigenvalue weighted by atomic mass is 10.5. The first-order valence-corrected chi connectivity index (χ1v) is 3.57. The van der Waals surface area contributed by atoms with Crippen molar-refractivity contribution in [2.24, 2.45) is 0 Å². The molecule has 0 unspecified atom stereocenters. The Hall–Kier alpha value is -0.900. The minimum absolute atomic E-state index is 0.167. The van der Waals surface area contributed by atoms with Crippen molar-refractivity contribution in [3.8, 4) is 0 Å². The van der Waals surface area contributed by atoms with Gasteiger partial charge in [-0.1, -0.05) is 0 Å². The molecular formula is C8H16O4. The predicted molar refractivity (Wildman–Crippen MR) is 44.9 cm³/mol. The van der Waals surface area contributed by atoms with Gasteiger partial charge in [-0.15, -0.1) is 0 Å². The number of hydrogen-bond donors (Lipinski definition) is 0. The maximum Gasteiger partial charge on any atom is 0.307 e. The number of ketones is 1. The highest BCUT2D eigenvalue weighted by atomic mass is 16.5. The van der Waals surface area contributed by atoms with E-state index in [0.717, 1.165) is 0 Å². The van der Waals surface area contributed by atoms with Gasteiger partial charge >= 0.3 is 5.97 Å². The lowest BCUT2D eigenvalue weighted by Crippen LogP contribution is -2.03. The van der Waals surface area contributed by atoms with E-state index in [-0.39, 0.29) is 11.8 Å². The lowest BCUT2D eigenvalue weighted by molar-refractivity contribution is -0.141. The SMILES string of the molecule is CC(C)=O.COCCC(=O)OC. The molecule has 0 aliphatic heterocycles. The van der Waals surface area contributed by atoms with Crippen LogP contribution in [0.25, 0.3) is 0 Å². The summed E-state index contributed by atoms with van der Waals surface area (Å²) >= 11 is 0. The first kappa shape index (κ1) is 13.7. The minimum atomic E-state index is -0.230. The molecule has 0 aromatic carbocycles. The molecule has 0 saturated heterocycles. The Morgan fingerprint density at radius 3 is 1.83 bits per heavy atom. The van der Waals surface area contributed by atoms with Gasteiger partial charge in [-0.3, -0.25) is 4.79 Å². The third-order valence-corrected chi connectivity index (χ3v) is 0.738. The van der Waals surface area contributed by atoms with Crippen LogP contribution in [-0.2, 0) is 19.1 Å². The number of esters is 1. The number of carbonyl (C=O) groups is 2. The van der Waals surface area contributed by atoms with Crippen LogP contribution in [0.3, 0.4) is 0 Å². The highest BCUT2D eigenvalue weighted by Gasteiger charge is 1.95. The van der Waals surface area contributed by atoms with Crippen LogP contribution in [0.5, 0.6) is 0 Å². The molecule has 0 aromatic heterocycles. The second-order valence-electron chi connectivity index (χ2n) is 2.23. The topological polar surface area (TPSA) is 52.6 Å². The fourth-order valence-corrected chi connectivity index (χ4v) is 0.287. The van der Waals surface area contributed by atoms with Crippen LogP contribution in [0.4, 0.5) is 0 Å². The van der Waals surface area contributed by atoms with Gasteiger partial charge in [0.05, 0.1) is 20.1 Å². The van der Waals surface area contributed by atoms with E-state index in [0.29, 0.717) is 13.0 Å². The average Bonchev–Trinajstić information content (AvgIpc) is 1.99. The van der Waals surface area contributed by atoms with Crippen molar-refractivity contribution in [3.63, 3.8) is 0 Å². The van der Waals surface area contributed by atoms with E-state index in [2.05, 4.69) is 9.47 Å². The summed E-state index contributed by atoms with van der Waals surface area (Å²) in [5.41, 5.74) is 0. The molecule has 72 valence electrons. The first-order chi connectivity index (χ1) is 5.54. The van der Waals surface area contributed by atoms with E-state index >= 15 is 0 Å². The number of hydrogen-bond acceptors (Lipinski definition) is 4. The predicted octanol–water partition coefficient (Wildman–Crippen LogP) is 0.791. The third-order valence-electron chi connectivity index (χ3n) is 0.738.